The van der Waals surface area contributed by atoms with E-state index < -0.39 is 11.8 Å². The molecule has 0 aliphatic carbocycles. The summed E-state index contributed by atoms with van der Waals surface area (Å²) in [4.78, 5) is 29.0. The maximum atomic E-state index is 13.4. The molecule has 2 aromatic heterocycles. The Bertz CT molecular complexity index is 1540. The summed E-state index contributed by atoms with van der Waals surface area (Å²) < 4.78 is 10.6. The molecule has 184 valence electrons. The molecule has 0 radical (unpaired) electrons. The third kappa shape index (κ3) is 3.57. The van der Waals surface area contributed by atoms with Gasteiger partial charge in [0, 0.05) is 65.0 Å². The zero-order chi connectivity index (χ0) is 25.0. The Morgan fingerprint density at radius 3 is 1.94 bits per heavy atom. The van der Waals surface area contributed by atoms with Gasteiger partial charge in [0.1, 0.15) is 0 Å². The fourth-order valence-electron chi connectivity index (χ4n) is 5.54. The molecule has 36 heavy (non-hydrogen) atoms. The molecule has 0 spiro atoms. The molecule has 0 fully saturated rings. The van der Waals surface area contributed by atoms with Crippen molar-refractivity contribution in [3.8, 4) is 0 Å². The molecule has 2 amide bonds. The van der Waals surface area contributed by atoms with Crippen molar-refractivity contribution in [1.29, 1.82) is 0 Å². The number of aromatic nitrogens is 2. The van der Waals surface area contributed by atoms with Gasteiger partial charge < -0.3 is 18.8 Å². The van der Waals surface area contributed by atoms with Crippen molar-refractivity contribution < 1.29 is 14.3 Å². The number of likely N-dealkylation sites (N-methyl/N-ethyl adjacent to an activating group) is 1. The van der Waals surface area contributed by atoms with Crippen molar-refractivity contribution in [3.05, 3.63) is 72.1 Å². The Hall–Kier alpha value is -3.72. The van der Waals surface area contributed by atoms with Crippen molar-refractivity contribution in [1.82, 2.24) is 19.0 Å². The molecule has 1 atom stereocenters. The van der Waals surface area contributed by atoms with E-state index in [2.05, 4.69) is 28.1 Å². The van der Waals surface area contributed by atoms with Gasteiger partial charge in [-0.05, 0) is 32.6 Å². The van der Waals surface area contributed by atoms with Gasteiger partial charge in [-0.25, -0.2) is 10.9 Å². The van der Waals surface area contributed by atoms with Gasteiger partial charge in [0.25, 0.3) is 11.8 Å². The average Bonchev–Trinajstić information content (AvgIpc) is 3.48. The summed E-state index contributed by atoms with van der Waals surface area (Å²) in [6.45, 7) is 2.71. The zero-order valence-electron chi connectivity index (χ0n) is 20.5. The predicted octanol–water partition coefficient (Wildman–Crippen LogP) is 3.10. The van der Waals surface area contributed by atoms with Crippen molar-refractivity contribution in [2.45, 2.75) is 25.6 Å². The maximum Gasteiger partial charge on any atom is 0.276 e. The lowest BCUT2D eigenvalue weighted by molar-refractivity contribution is -0.136. The highest BCUT2D eigenvalue weighted by atomic mass is 16.5. The fourth-order valence-corrected chi connectivity index (χ4v) is 5.54. The molecule has 8 nitrogen and oxygen atoms in total. The number of nitrogens with zero attached hydrogens (tertiary/aromatic N) is 4. The number of aryl methyl sites for hydroxylation is 1. The first-order valence-electron chi connectivity index (χ1n) is 12.2. The number of fused-ring (bicyclic) bond motifs is 12. The van der Waals surface area contributed by atoms with Crippen molar-refractivity contribution >= 4 is 44.8 Å². The second-order valence-electron chi connectivity index (χ2n) is 9.78. The van der Waals surface area contributed by atoms with Crippen molar-refractivity contribution in [2.75, 3.05) is 27.2 Å². The molecule has 4 heterocycles. The molecule has 0 saturated heterocycles. The standard InChI is InChI=1S/C28H29N5O3/c1-30(2)15-18-11-12-31-16-21(19-7-3-5-9-23(19)31)25-26(28(35)33(29)27(25)34)22-17-32(13-14-36-18)24-10-6-4-8-20(22)24/h3-10,16-18H,11-15,29H2,1-2H3. The molecule has 1 unspecified atom stereocenters. The molecule has 2 aromatic carbocycles. The maximum absolute atomic E-state index is 13.4. The summed E-state index contributed by atoms with van der Waals surface area (Å²) in [6, 6.07) is 15.9. The van der Waals surface area contributed by atoms with Crippen LogP contribution >= 0.6 is 0 Å². The van der Waals surface area contributed by atoms with Gasteiger partial charge in [-0.3, -0.25) is 9.59 Å². The summed E-state index contributed by atoms with van der Waals surface area (Å²) in [5.41, 5.74) is 4.15. The van der Waals surface area contributed by atoms with E-state index in [4.69, 9.17) is 10.6 Å². The van der Waals surface area contributed by atoms with E-state index in [1.807, 2.05) is 60.9 Å². The van der Waals surface area contributed by atoms with Crippen LogP contribution in [0.2, 0.25) is 0 Å². The highest BCUT2D eigenvalue weighted by Gasteiger charge is 2.40. The normalized spacial score (nSPS) is 19.0. The predicted molar refractivity (Wildman–Crippen MR) is 140 cm³/mol. The minimum absolute atomic E-state index is 0.0536. The minimum Gasteiger partial charge on any atom is -0.375 e. The number of hydrazine groups is 1. The molecule has 6 rings (SSSR count). The van der Waals surface area contributed by atoms with Crippen LogP contribution in [-0.4, -0.2) is 64.2 Å². The van der Waals surface area contributed by atoms with E-state index in [1.165, 1.54) is 0 Å². The van der Waals surface area contributed by atoms with Crippen LogP contribution in [0.5, 0.6) is 0 Å². The van der Waals surface area contributed by atoms with Crippen LogP contribution in [0.25, 0.3) is 33.0 Å². The molecule has 2 aliphatic heterocycles. The first-order valence-corrected chi connectivity index (χ1v) is 12.2. The van der Waals surface area contributed by atoms with Crippen LogP contribution in [0.15, 0.2) is 60.9 Å². The van der Waals surface area contributed by atoms with Gasteiger partial charge in [-0.1, -0.05) is 36.4 Å². The van der Waals surface area contributed by atoms with E-state index in [9.17, 15) is 9.59 Å². The lowest BCUT2D eigenvalue weighted by Crippen LogP contribution is -2.37. The van der Waals surface area contributed by atoms with Crippen LogP contribution in [0.3, 0.4) is 0 Å². The third-order valence-corrected chi connectivity index (χ3v) is 7.18. The monoisotopic (exact) mass is 483 g/mol. The molecule has 2 N–H and O–H groups in total. The second-order valence-corrected chi connectivity index (χ2v) is 9.78. The first kappa shape index (κ1) is 22.7. The Morgan fingerprint density at radius 1 is 0.861 bits per heavy atom. The summed E-state index contributed by atoms with van der Waals surface area (Å²) in [7, 11) is 4.11. The number of benzene rings is 2. The van der Waals surface area contributed by atoms with E-state index in [1.54, 1.807) is 0 Å². The number of carbonyl (C=O) groups is 2. The number of nitrogens with two attached hydrogens (primary N) is 1. The first-order chi connectivity index (χ1) is 17.4. The quantitative estimate of drug-likeness (QED) is 0.269. The SMILES string of the molecule is CN(C)CC1CCn2cc(c3ccccc32)C2=C(C(=O)N(N)C2=O)c2cn(c3ccccc23)CCO1. The molecular weight excluding hydrogens is 454 g/mol. The average molecular weight is 484 g/mol. The highest BCUT2D eigenvalue weighted by Crippen LogP contribution is 2.41. The molecule has 4 bridgehead atoms. The number of hydrogen-bond acceptors (Lipinski definition) is 5. The van der Waals surface area contributed by atoms with Crippen molar-refractivity contribution in [2.24, 2.45) is 5.84 Å². The number of rotatable bonds is 2. The molecule has 2 aliphatic rings. The van der Waals surface area contributed by atoms with Gasteiger partial charge >= 0.3 is 0 Å². The van der Waals surface area contributed by atoms with E-state index in [0.29, 0.717) is 29.9 Å². The molecule has 4 aromatic rings. The number of para-hydroxylation sites is 2. The van der Waals surface area contributed by atoms with Crippen LogP contribution < -0.4 is 5.84 Å². The van der Waals surface area contributed by atoms with Crippen molar-refractivity contribution in [3.63, 3.8) is 0 Å². The summed E-state index contributed by atoms with van der Waals surface area (Å²) in [6.07, 6.45) is 4.81. The molecule has 8 heteroatoms. The van der Waals surface area contributed by atoms with Gasteiger partial charge in [0.05, 0.1) is 23.9 Å². The second kappa shape index (κ2) is 8.74. The van der Waals surface area contributed by atoms with Crippen LogP contribution in [-0.2, 0) is 27.4 Å². The van der Waals surface area contributed by atoms with Crippen LogP contribution in [0.4, 0.5) is 0 Å². The number of imide groups is 1. The highest BCUT2D eigenvalue weighted by molar-refractivity contribution is 6.50. The van der Waals surface area contributed by atoms with Gasteiger partial charge in [0.2, 0.25) is 0 Å². The summed E-state index contributed by atoms with van der Waals surface area (Å²) in [5.74, 6) is 5.07. The Kier molecular flexibility index (Phi) is 5.52. The summed E-state index contributed by atoms with van der Waals surface area (Å²) >= 11 is 0. The van der Waals surface area contributed by atoms with Crippen LogP contribution in [0.1, 0.15) is 17.5 Å². The smallest absolute Gasteiger partial charge is 0.276 e. The lowest BCUT2D eigenvalue weighted by Gasteiger charge is -2.22. The number of hydrogen-bond donors (Lipinski definition) is 1. The van der Waals surface area contributed by atoms with Gasteiger partial charge in [-0.15, -0.1) is 0 Å². The van der Waals surface area contributed by atoms with Gasteiger partial charge in [-0.2, -0.15) is 0 Å². The van der Waals surface area contributed by atoms with Gasteiger partial charge in [0.15, 0.2) is 0 Å². The minimum atomic E-state index is -0.482. The zero-order valence-corrected chi connectivity index (χ0v) is 20.5. The van der Waals surface area contributed by atoms with E-state index in [0.717, 1.165) is 51.9 Å². The number of amides is 2. The topological polar surface area (TPSA) is 85.7 Å². The van der Waals surface area contributed by atoms with E-state index in [-0.39, 0.29) is 6.10 Å². The number of ether oxygens (including phenoxy) is 1. The van der Waals surface area contributed by atoms with Crippen LogP contribution in [0, 0.1) is 0 Å². The summed E-state index contributed by atoms with van der Waals surface area (Å²) in [5, 5.41) is 2.58. The largest absolute Gasteiger partial charge is 0.375 e. The lowest BCUT2D eigenvalue weighted by atomic mass is 9.95. The molecular formula is C28H29N5O3. The fraction of sp³-hybridized carbons (Fsp3) is 0.286. The Balaban J connectivity index is 1.64. The Morgan fingerprint density at radius 2 is 1.39 bits per heavy atom. The third-order valence-electron chi connectivity index (χ3n) is 7.18. The molecule has 0 saturated carbocycles. The Labute approximate surface area is 209 Å². The van der Waals surface area contributed by atoms with E-state index >= 15 is 0 Å². The number of carbonyl (C=O) groups excluding carboxylic acids is 2.